The largest absolute Gasteiger partial charge is 0.484 e. The normalized spacial score (nSPS) is 10.8. The number of fused-ring (bicyclic) bond motifs is 1. The van der Waals surface area contributed by atoms with E-state index in [9.17, 15) is 10.1 Å². The molecule has 0 atom stereocenters. The van der Waals surface area contributed by atoms with Gasteiger partial charge in [-0.05, 0) is 26.0 Å². The lowest BCUT2D eigenvalue weighted by Crippen LogP contribution is -2.08. The Labute approximate surface area is 98.2 Å². The number of benzene rings is 1. The second kappa shape index (κ2) is 4.37. The molecule has 17 heavy (non-hydrogen) atoms. The van der Waals surface area contributed by atoms with Crippen LogP contribution in [0.25, 0.3) is 10.9 Å². The molecule has 88 valence electrons. The maximum atomic E-state index is 10.9. The first-order valence-electron chi connectivity index (χ1n) is 5.28. The second-order valence-corrected chi connectivity index (χ2v) is 3.91. The van der Waals surface area contributed by atoms with Gasteiger partial charge in [-0.2, -0.15) is 0 Å². The first kappa shape index (κ1) is 11.3. The van der Waals surface area contributed by atoms with Crippen molar-refractivity contribution in [1.29, 1.82) is 0 Å². The summed E-state index contributed by atoms with van der Waals surface area (Å²) in [5.74, 6) is 0.288. The molecule has 0 amide bonds. The fourth-order valence-electron chi connectivity index (χ4n) is 1.60. The molecular formula is C12H12N2O3. The van der Waals surface area contributed by atoms with Crippen molar-refractivity contribution in [3.05, 3.63) is 40.6 Å². The number of para-hydroxylation sites is 1. The number of hydrogen-bond donors (Lipinski definition) is 0. The standard InChI is InChI=1S/C12H12N2O3/c1-8(2)17-12-9-5-3-4-6-10(9)13-7-11(12)14(15)16/h3-8H,1-2H3. The van der Waals surface area contributed by atoms with E-state index in [2.05, 4.69) is 4.98 Å². The van der Waals surface area contributed by atoms with E-state index in [1.807, 2.05) is 19.9 Å². The van der Waals surface area contributed by atoms with Gasteiger partial charge in [0.05, 0.1) is 16.5 Å². The Bertz CT molecular complexity index is 567. The molecule has 1 aromatic carbocycles. The Morgan fingerprint density at radius 1 is 1.35 bits per heavy atom. The highest BCUT2D eigenvalue weighted by Crippen LogP contribution is 2.34. The van der Waals surface area contributed by atoms with Crippen molar-refractivity contribution in [2.75, 3.05) is 0 Å². The molecule has 5 heteroatoms. The van der Waals surface area contributed by atoms with Crippen LogP contribution < -0.4 is 4.74 Å². The molecule has 0 aliphatic heterocycles. The predicted molar refractivity (Wildman–Crippen MR) is 64.2 cm³/mol. The molecule has 0 aliphatic carbocycles. The molecule has 5 nitrogen and oxygen atoms in total. The highest BCUT2D eigenvalue weighted by molar-refractivity contribution is 5.88. The molecule has 2 rings (SSSR count). The van der Waals surface area contributed by atoms with Crippen molar-refractivity contribution in [2.24, 2.45) is 0 Å². The van der Waals surface area contributed by atoms with Gasteiger partial charge in [-0.25, -0.2) is 4.98 Å². The Morgan fingerprint density at radius 2 is 2.06 bits per heavy atom. The number of pyridine rings is 1. The zero-order valence-electron chi connectivity index (χ0n) is 9.58. The van der Waals surface area contributed by atoms with E-state index in [4.69, 9.17) is 4.74 Å². The van der Waals surface area contributed by atoms with Crippen LogP contribution in [-0.4, -0.2) is 16.0 Å². The van der Waals surface area contributed by atoms with Crippen molar-refractivity contribution in [2.45, 2.75) is 20.0 Å². The Balaban J connectivity index is 2.70. The molecule has 0 aliphatic rings. The average Bonchev–Trinajstić information content (AvgIpc) is 2.28. The minimum absolute atomic E-state index is 0.0996. The fraction of sp³-hybridized carbons (Fsp3) is 0.250. The third-order valence-electron chi connectivity index (χ3n) is 2.26. The van der Waals surface area contributed by atoms with Crippen molar-refractivity contribution < 1.29 is 9.66 Å². The van der Waals surface area contributed by atoms with Crippen LogP contribution in [0.15, 0.2) is 30.5 Å². The maximum Gasteiger partial charge on any atom is 0.329 e. The number of nitro groups is 1. The molecule has 0 saturated heterocycles. The minimum Gasteiger partial charge on any atom is -0.484 e. The summed E-state index contributed by atoms with van der Waals surface area (Å²) in [5.41, 5.74) is 0.589. The highest BCUT2D eigenvalue weighted by atomic mass is 16.6. The predicted octanol–water partition coefficient (Wildman–Crippen LogP) is 2.93. The summed E-state index contributed by atoms with van der Waals surface area (Å²) in [4.78, 5) is 14.5. The summed E-state index contributed by atoms with van der Waals surface area (Å²) < 4.78 is 5.54. The number of aromatic nitrogens is 1. The molecule has 1 aromatic heterocycles. The molecule has 0 saturated carbocycles. The van der Waals surface area contributed by atoms with E-state index in [0.29, 0.717) is 10.9 Å². The number of hydrogen-bond acceptors (Lipinski definition) is 4. The van der Waals surface area contributed by atoms with Gasteiger partial charge in [-0.3, -0.25) is 10.1 Å². The van der Waals surface area contributed by atoms with Crippen LogP contribution >= 0.6 is 0 Å². The highest BCUT2D eigenvalue weighted by Gasteiger charge is 2.20. The topological polar surface area (TPSA) is 65.3 Å². The monoisotopic (exact) mass is 232 g/mol. The van der Waals surface area contributed by atoms with E-state index in [1.54, 1.807) is 18.2 Å². The van der Waals surface area contributed by atoms with Gasteiger partial charge in [-0.1, -0.05) is 12.1 Å². The fourth-order valence-corrected chi connectivity index (χ4v) is 1.60. The first-order chi connectivity index (χ1) is 8.09. The second-order valence-electron chi connectivity index (χ2n) is 3.91. The first-order valence-corrected chi connectivity index (χ1v) is 5.28. The third-order valence-corrected chi connectivity index (χ3v) is 2.26. The smallest absolute Gasteiger partial charge is 0.329 e. The molecule has 2 aromatic rings. The lowest BCUT2D eigenvalue weighted by atomic mass is 10.2. The van der Waals surface area contributed by atoms with Gasteiger partial charge >= 0.3 is 5.69 Å². The van der Waals surface area contributed by atoms with Crippen LogP contribution in [0.1, 0.15) is 13.8 Å². The van der Waals surface area contributed by atoms with E-state index in [1.165, 1.54) is 6.20 Å². The molecule has 0 fully saturated rings. The van der Waals surface area contributed by atoms with Gasteiger partial charge in [0, 0.05) is 5.39 Å². The lowest BCUT2D eigenvalue weighted by molar-refractivity contribution is -0.386. The quantitative estimate of drug-likeness (QED) is 0.602. The zero-order valence-corrected chi connectivity index (χ0v) is 9.58. The summed E-state index contributed by atoms with van der Waals surface area (Å²) in [6.07, 6.45) is 1.11. The molecule has 0 radical (unpaired) electrons. The van der Waals surface area contributed by atoms with Crippen LogP contribution in [-0.2, 0) is 0 Å². The van der Waals surface area contributed by atoms with Crippen LogP contribution in [0.5, 0.6) is 5.75 Å². The summed E-state index contributed by atoms with van der Waals surface area (Å²) in [6.45, 7) is 3.66. The number of nitrogens with zero attached hydrogens (tertiary/aromatic N) is 2. The number of ether oxygens (including phenoxy) is 1. The van der Waals surface area contributed by atoms with Gasteiger partial charge in [0.15, 0.2) is 0 Å². The summed E-state index contributed by atoms with van der Waals surface area (Å²) >= 11 is 0. The van der Waals surface area contributed by atoms with Crippen molar-refractivity contribution in [3.8, 4) is 5.75 Å². The Morgan fingerprint density at radius 3 is 2.71 bits per heavy atom. The minimum atomic E-state index is -0.475. The lowest BCUT2D eigenvalue weighted by Gasteiger charge is -2.11. The van der Waals surface area contributed by atoms with E-state index >= 15 is 0 Å². The zero-order chi connectivity index (χ0) is 12.4. The van der Waals surface area contributed by atoms with Crippen molar-refractivity contribution >= 4 is 16.6 Å². The van der Waals surface area contributed by atoms with Gasteiger partial charge in [0.1, 0.15) is 6.20 Å². The van der Waals surface area contributed by atoms with Crippen molar-refractivity contribution in [1.82, 2.24) is 4.98 Å². The number of rotatable bonds is 3. The molecule has 0 N–H and O–H groups in total. The van der Waals surface area contributed by atoms with Crippen LogP contribution in [0.4, 0.5) is 5.69 Å². The van der Waals surface area contributed by atoms with Gasteiger partial charge in [-0.15, -0.1) is 0 Å². The average molecular weight is 232 g/mol. The van der Waals surface area contributed by atoms with Crippen LogP contribution in [0.3, 0.4) is 0 Å². The van der Waals surface area contributed by atoms with Gasteiger partial charge < -0.3 is 4.74 Å². The Kier molecular flexibility index (Phi) is 2.91. The SMILES string of the molecule is CC(C)Oc1c([N+](=O)[O-])cnc2ccccc12. The van der Waals surface area contributed by atoms with Gasteiger partial charge in [0.2, 0.25) is 5.75 Å². The Hall–Kier alpha value is -2.17. The van der Waals surface area contributed by atoms with Crippen molar-refractivity contribution in [3.63, 3.8) is 0 Å². The van der Waals surface area contributed by atoms with Crippen LogP contribution in [0, 0.1) is 10.1 Å². The van der Waals surface area contributed by atoms with E-state index in [-0.39, 0.29) is 17.5 Å². The summed E-state index contributed by atoms with van der Waals surface area (Å²) in [5, 5.41) is 11.6. The summed E-state index contributed by atoms with van der Waals surface area (Å²) in [7, 11) is 0. The third kappa shape index (κ3) is 2.18. The molecule has 0 spiro atoms. The van der Waals surface area contributed by atoms with Gasteiger partial charge in [0.25, 0.3) is 0 Å². The molecule has 0 bridgehead atoms. The van der Waals surface area contributed by atoms with Crippen LogP contribution in [0.2, 0.25) is 0 Å². The molecule has 0 unspecified atom stereocenters. The molecule has 1 heterocycles. The maximum absolute atomic E-state index is 10.9. The van der Waals surface area contributed by atoms with E-state index < -0.39 is 4.92 Å². The summed E-state index contributed by atoms with van der Waals surface area (Å²) in [6, 6.07) is 7.21. The molecular weight excluding hydrogens is 220 g/mol. The van der Waals surface area contributed by atoms with E-state index in [0.717, 1.165) is 0 Å².